The summed E-state index contributed by atoms with van der Waals surface area (Å²) in [5.74, 6) is 0.742. The van der Waals surface area contributed by atoms with Crippen LogP contribution in [0, 0.1) is 0 Å². The molecule has 1 aromatic heterocycles. The van der Waals surface area contributed by atoms with Gasteiger partial charge >= 0.3 is 0 Å². The third-order valence-electron chi connectivity index (χ3n) is 2.06. The number of likely N-dealkylation sites (N-methyl/N-ethyl adjacent to an activating group) is 1. The molecule has 1 heterocycles. The number of anilines is 2. The number of halogens is 1. The van der Waals surface area contributed by atoms with Gasteiger partial charge in [-0.2, -0.15) is 4.98 Å². The molecule has 17 heavy (non-hydrogen) atoms. The van der Waals surface area contributed by atoms with Crippen molar-refractivity contribution in [3.8, 4) is 0 Å². The number of nitrogen functional groups attached to an aromatic ring is 1. The first-order valence-electron chi connectivity index (χ1n) is 5.30. The van der Waals surface area contributed by atoms with Crippen LogP contribution in [-0.2, 0) is 4.79 Å². The van der Waals surface area contributed by atoms with Crippen LogP contribution in [0.3, 0.4) is 0 Å². The zero-order chi connectivity index (χ0) is 12.8. The zero-order valence-corrected chi connectivity index (χ0v) is 11.5. The number of nitrogens with zero attached hydrogens (tertiary/aromatic N) is 3. The highest BCUT2D eigenvalue weighted by atomic mass is 79.9. The van der Waals surface area contributed by atoms with Crippen LogP contribution in [-0.4, -0.2) is 36.0 Å². The van der Waals surface area contributed by atoms with Crippen LogP contribution in [0.1, 0.15) is 13.3 Å². The summed E-state index contributed by atoms with van der Waals surface area (Å²) in [6.45, 7) is 2.92. The molecule has 0 radical (unpaired) electrons. The molecule has 0 atom stereocenters. The normalized spacial score (nSPS) is 10.1. The smallest absolute Gasteiger partial charge is 0.239 e. The van der Waals surface area contributed by atoms with Crippen molar-refractivity contribution in [3.05, 3.63) is 10.7 Å². The topological polar surface area (TPSA) is 84.1 Å². The number of nitrogens with two attached hydrogens (primary N) is 1. The second-order valence-corrected chi connectivity index (χ2v) is 4.46. The maximum atomic E-state index is 11.5. The minimum atomic E-state index is -0.0431. The Morgan fingerprint density at radius 2 is 2.35 bits per heavy atom. The maximum Gasteiger partial charge on any atom is 0.239 e. The van der Waals surface area contributed by atoms with E-state index in [1.807, 2.05) is 6.92 Å². The molecule has 0 fully saturated rings. The lowest BCUT2D eigenvalue weighted by Gasteiger charge is -2.18. The van der Waals surface area contributed by atoms with Gasteiger partial charge in [-0.3, -0.25) is 4.79 Å². The Labute approximate surface area is 109 Å². The average molecular weight is 302 g/mol. The molecule has 0 aliphatic heterocycles. The molecular weight excluding hydrogens is 286 g/mol. The minimum Gasteiger partial charge on any atom is -0.368 e. The number of amides is 1. The van der Waals surface area contributed by atoms with E-state index in [4.69, 9.17) is 5.73 Å². The summed E-state index contributed by atoms with van der Waals surface area (Å²) in [4.78, 5) is 21.2. The summed E-state index contributed by atoms with van der Waals surface area (Å²) in [6, 6.07) is 0. The van der Waals surface area contributed by atoms with Gasteiger partial charge in [-0.05, 0) is 22.4 Å². The van der Waals surface area contributed by atoms with E-state index in [1.54, 1.807) is 18.1 Å². The maximum absolute atomic E-state index is 11.5. The highest BCUT2D eigenvalue weighted by molar-refractivity contribution is 9.10. The first-order chi connectivity index (χ1) is 8.04. The molecule has 0 saturated carbocycles. The molecule has 0 aromatic carbocycles. The number of aromatic nitrogens is 2. The molecule has 3 N–H and O–H groups in total. The van der Waals surface area contributed by atoms with E-state index in [0.717, 1.165) is 6.42 Å². The molecule has 1 amide bonds. The van der Waals surface area contributed by atoms with Crippen molar-refractivity contribution in [3.63, 3.8) is 0 Å². The molecule has 0 spiro atoms. The zero-order valence-electron chi connectivity index (χ0n) is 9.90. The first kappa shape index (κ1) is 13.7. The Morgan fingerprint density at radius 1 is 1.65 bits per heavy atom. The molecule has 6 nitrogen and oxygen atoms in total. The van der Waals surface area contributed by atoms with Crippen molar-refractivity contribution < 1.29 is 4.79 Å². The molecule has 0 unspecified atom stereocenters. The lowest BCUT2D eigenvalue weighted by Crippen LogP contribution is -2.36. The van der Waals surface area contributed by atoms with Crippen LogP contribution >= 0.6 is 15.9 Å². The Balaban J connectivity index is 2.66. The Bertz CT molecular complexity index is 398. The fourth-order valence-electron chi connectivity index (χ4n) is 1.25. The van der Waals surface area contributed by atoms with Crippen LogP contribution in [0.5, 0.6) is 0 Å². The van der Waals surface area contributed by atoms with E-state index < -0.39 is 0 Å². The molecule has 0 aliphatic rings. The third kappa shape index (κ3) is 4.18. The van der Waals surface area contributed by atoms with Gasteiger partial charge in [0.25, 0.3) is 0 Å². The number of carbonyl (C=O) groups excluding carboxylic acids is 1. The fraction of sp³-hybridized carbons (Fsp3) is 0.500. The van der Waals surface area contributed by atoms with Crippen LogP contribution in [0.15, 0.2) is 10.7 Å². The Kier molecular flexibility index (Phi) is 5.14. The predicted molar refractivity (Wildman–Crippen MR) is 70.7 cm³/mol. The minimum absolute atomic E-state index is 0.0431. The summed E-state index contributed by atoms with van der Waals surface area (Å²) in [5.41, 5.74) is 5.51. The summed E-state index contributed by atoms with van der Waals surface area (Å²) < 4.78 is 0.706. The third-order valence-corrected chi connectivity index (χ3v) is 2.62. The molecule has 0 bridgehead atoms. The molecule has 94 valence electrons. The second-order valence-electron chi connectivity index (χ2n) is 3.61. The van der Waals surface area contributed by atoms with Crippen molar-refractivity contribution in [2.75, 3.05) is 30.8 Å². The molecule has 1 aromatic rings. The van der Waals surface area contributed by atoms with Crippen molar-refractivity contribution in [1.82, 2.24) is 15.3 Å². The summed E-state index contributed by atoms with van der Waals surface area (Å²) >= 11 is 3.32. The van der Waals surface area contributed by atoms with Gasteiger partial charge in [0.2, 0.25) is 11.9 Å². The van der Waals surface area contributed by atoms with Gasteiger partial charge in [-0.25, -0.2) is 4.98 Å². The number of hydrogen-bond acceptors (Lipinski definition) is 5. The van der Waals surface area contributed by atoms with Crippen LogP contribution in [0.2, 0.25) is 0 Å². The number of nitrogens with one attached hydrogen (secondary N) is 1. The Hall–Kier alpha value is -1.37. The van der Waals surface area contributed by atoms with Crippen molar-refractivity contribution in [2.24, 2.45) is 0 Å². The fourth-order valence-corrected chi connectivity index (χ4v) is 1.74. The predicted octanol–water partition coefficient (Wildman–Crippen LogP) is 0.784. The van der Waals surface area contributed by atoms with E-state index in [9.17, 15) is 4.79 Å². The summed E-state index contributed by atoms with van der Waals surface area (Å²) in [5, 5.41) is 2.80. The van der Waals surface area contributed by atoms with Crippen LogP contribution in [0.25, 0.3) is 0 Å². The van der Waals surface area contributed by atoms with E-state index in [1.165, 1.54) is 0 Å². The molecule has 7 heteroatoms. The van der Waals surface area contributed by atoms with E-state index >= 15 is 0 Å². The van der Waals surface area contributed by atoms with Gasteiger partial charge in [0.15, 0.2) is 0 Å². The van der Waals surface area contributed by atoms with Gasteiger partial charge in [-0.15, -0.1) is 0 Å². The monoisotopic (exact) mass is 301 g/mol. The molecular formula is C10H16BrN5O. The summed E-state index contributed by atoms with van der Waals surface area (Å²) in [6.07, 6.45) is 2.48. The highest BCUT2D eigenvalue weighted by Crippen LogP contribution is 2.22. The highest BCUT2D eigenvalue weighted by Gasteiger charge is 2.12. The number of carbonyl (C=O) groups is 1. The van der Waals surface area contributed by atoms with Crippen LogP contribution in [0.4, 0.5) is 11.8 Å². The molecule has 0 aliphatic carbocycles. The molecule has 1 rings (SSSR count). The lowest BCUT2D eigenvalue weighted by molar-refractivity contribution is -0.119. The van der Waals surface area contributed by atoms with Crippen molar-refractivity contribution in [2.45, 2.75) is 13.3 Å². The molecule has 0 saturated heterocycles. The van der Waals surface area contributed by atoms with Crippen LogP contribution < -0.4 is 16.0 Å². The van der Waals surface area contributed by atoms with E-state index in [2.05, 4.69) is 31.2 Å². The largest absolute Gasteiger partial charge is 0.368 e. The number of hydrogen-bond donors (Lipinski definition) is 2. The van der Waals surface area contributed by atoms with Gasteiger partial charge in [-0.1, -0.05) is 6.92 Å². The Morgan fingerprint density at radius 3 is 3.00 bits per heavy atom. The number of rotatable bonds is 5. The van der Waals surface area contributed by atoms with Crippen molar-refractivity contribution >= 4 is 33.6 Å². The van der Waals surface area contributed by atoms with Gasteiger partial charge in [0.1, 0.15) is 5.82 Å². The quantitative estimate of drug-likeness (QED) is 0.840. The first-order valence-corrected chi connectivity index (χ1v) is 6.09. The average Bonchev–Trinajstić information content (AvgIpc) is 2.29. The lowest BCUT2D eigenvalue weighted by atomic mass is 10.4. The van der Waals surface area contributed by atoms with Gasteiger partial charge < -0.3 is 16.0 Å². The van der Waals surface area contributed by atoms with E-state index in [0.29, 0.717) is 16.8 Å². The summed E-state index contributed by atoms with van der Waals surface area (Å²) in [7, 11) is 1.78. The van der Waals surface area contributed by atoms with Crippen molar-refractivity contribution in [1.29, 1.82) is 0 Å². The van der Waals surface area contributed by atoms with E-state index in [-0.39, 0.29) is 18.4 Å². The SMILES string of the molecule is CCCNC(=O)CN(C)c1nc(N)ncc1Br. The van der Waals surface area contributed by atoms with Gasteiger partial charge in [0.05, 0.1) is 11.0 Å². The second kappa shape index (κ2) is 6.39. The van der Waals surface area contributed by atoms with Gasteiger partial charge in [0, 0.05) is 19.8 Å². The standard InChI is InChI=1S/C10H16BrN5O/c1-3-4-13-8(17)6-16(2)9-7(11)5-14-10(12)15-9/h5H,3-4,6H2,1-2H3,(H,13,17)(H2,12,14,15).